The zero-order valence-corrected chi connectivity index (χ0v) is 19.3. The first-order valence-electron chi connectivity index (χ1n) is 11.0. The van der Waals surface area contributed by atoms with Crippen molar-refractivity contribution < 1.29 is 18.3 Å². The van der Waals surface area contributed by atoms with Crippen molar-refractivity contribution in [3.05, 3.63) is 95.6 Å². The zero-order valence-electron chi connectivity index (χ0n) is 18.5. The van der Waals surface area contributed by atoms with Crippen LogP contribution in [0.3, 0.4) is 0 Å². The Kier molecular flexibility index (Phi) is 6.68. The van der Waals surface area contributed by atoms with Crippen molar-refractivity contribution in [3.8, 4) is 6.07 Å². The van der Waals surface area contributed by atoms with Crippen molar-refractivity contribution in [1.29, 1.82) is 5.26 Å². The molecule has 0 atom stereocenters. The maximum atomic E-state index is 12.9. The Balaban J connectivity index is 1.37. The summed E-state index contributed by atoms with van der Waals surface area (Å²) in [6.07, 6.45) is 1.54. The van der Waals surface area contributed by atoms with Gasteiger partial charge >= 0.3 is 0 Å². The van der Waals surface area contributed by atoms with Gasteiger partial charge in [0.1, 0.15) is 0 Å². The Morgan fingerprint density at radius 2 is 1.68 bits per heavy atom. The molecule has 0 aromatic heterocycles. The second-order valence-electron chi connectivity index (χ2n) is 8.50. The number of sulfonamides is 1. The van der Waals surface area contributed by atoms with E-state index in [9.17, 15) is 18.3 Å². The van der Waals surface area contributed by atoms with E-state index >= 15 is 0 Å². The molecule has 2 N–H and O–H groups in total. The lowest BCUT2D eigenvalue weighted by atomic mass is 9.85. The Bertz CT molecular complexity index is 1310. The average molecular weight is 476 g/mol. The van der Waals surface area contributed by atoms with E-state index in [1.165, 1.54) is 36.4 Å². The Morgan fingerprint density at radius 1 is 1.00 bits per heavy atom. The van der Waals surface area contributed by atoms with Gasteiger partial charge in [-0.2, -0.15) is 5.26 Å². The fraction of sp³-hybridized carbons (Fsp3) is 0.231. The van der Waals surface area contributed by atoms with E-state index in [-0.39, 0.29) is 16.4 Å². The Morgan fingerprint density at radius 3 is 2.32 bits per heavy atom. The molecule has 34 heavy (non-hydrogen) atoms. The van der Waals surface area contributed by atoms with E-state index in [4.69, 9.17) is 5.26 Å². The Hall–Kier alpha value is -3.67. The van der Waals surface area contributed by atoms with Gasteiger partial charge in [0.15, 0.2) is 0 Å². The van der Waals surface area contributed by atoms with Gasteiger partial charge in [0, 0.05) is 30.8 Å². The number of aliphatic hydroxyl groups is 1. The number of hydrogen-bond acceptors (Lipinski definition) is 5. The smallest absolute Gasteiger partial charge is 0.261 e. The maximum Gasteiger partial charge on any atom is 0.261 e. The van der Waals surface area contributed by atoms with E-state index in [1.54, 1.807) is 17.0 Å². The van der Waals surface area contributed by atoms with E-state index in [0.29, 0.717) is 43.6 Å². The van der Waals surface area contributed by atoms with Crippen molar-refractivity contribution in [2.75, 3.05) is 17.8 Å². The number of nitriles is 1. The summed E-state index contributed by atoms with van der Waals surface area (Å²) in [6.45, 7) is 0.900. The number of nitrogens with zero attached hydrogens (tertiary/aromatic N) is 2. The molecule has 1 saturated heterocycles. The summed E-state index contributed by atoms with van der Waals surface area (Å²) < 4.78 is 27.7. The number of benzene rings is 3. The first-order valence-corrected chi connectivity index (χ1v) is 12.4. The van der Waals surface area contributed by atoms with Gasteiger partial charge in [-0.25, -0.2) is 8.42 Å². The monoisotopic (exact) mass is 475 g/mol. The molecule has 4 rings (SSSR count). The SMILES string of the molecule is N#Cc1cccc(S(=O)(=O)Nc2ccc(C(=O)N3CCC(O)(Cc4ccccc4)CC3)cc2)c1. The largest absolute Gasteiger partial charge is 0.389 e. The van der Waals surface area contributed by atoms with Gasteiger partial charge in [-0.3, -0.25) is 9.52 Å². The third-order valence-corrected chi connectivity index (χ3v) is 7.39. The highest BCUT2D eigenvalue weighted by molar-refractivity contribution is 7.92. The third-order valence-electron chi connectivity index (χ3n) is 6.01. The fourth-order valence-corrected chi connectivity index (χ4v) is 5.19. The van der Waals surface area contributed by atoms with Crippen LogP contribution in [0.25, 0.3) is 0 Å². The van der Waals surface area contributed by atoms with Gasteiger partial charge in [-0.15, -0.1) is 0 Å². The minimum absolute atomic E-state index is 0.0111. The first-order chi connectivity index (χ1) is 16.3. The van der Waals surface area contributed by atoms with Crippen LogP contribution in [-0.4, -0.2) is 43.0 Å². The lowest BCUT2D eigenvalue weighted by Gasteiger charge is -2.38. The van der Waals surface area contributed by atoms with Crippen LogP contribution in [0.2, 0.25) is 0 Å². The highest BCUT2D eigenvalue weighted by Gasteiger charge is 2.34. The van der Waals surface area contributed by atoms with Gasteiger partial charge in [-0.1, -0.05) is 36.4 Å². The molecule has 0 unspecified atom stereocenters. The minimum Gasteiger partial charge on any atom is -0.389 e. The zero-order chi connectivity index (χ0) is 24.2. The molecule has 3 aromatic rings. The van der Waals surface area contributed by atoms with E-state index in [0.717, 1.165) is 5.56 Å². The fourth-order valence-electron chi connectivity index (χ4n) is 4.09. The number of carbonyl (C=O) groups is 1. The number of hydrogen-bond donors (Lipinski definition) is 2. The predicted molar refractivity (Wildman–Crippen MR) is 129 cm³/mol. The van der Waals surface area contributed by atoms with Crippen LogP contribution >= 0.6 is 0 Å². The summed E-state index contributed by atoms with van der Waals surface area (Å²) in [7, 11) is -3.86. The van der Waals surface area contributed by atoms with E-state index in [2.05, 4.69) is 4.72 Å². The quantitative estimate of drug-likeness (QED) is 0.566. The molecule has 7 nitrogen and oxygen atoms in total. The number of piperidine rings is 1. The van der Waals surface area contributed by atoms with Crippen molar-refractivity contribution >= 4 is 21.6 Å². The standard InChI is InChI=1S/C26H25N3O4S/c27-19-21-7-4-8-24(17-21)34(32,33)28-23-11-9-22(10-12-23)25(30)29-15-13-26(31,14-16-29)18-20-5-2-1-3-6-20/h1-12,17,28,31H,13-16,18H2. The number of anilines is 1. The molecule has 174 valence electrons. The molecule has 0 aliphatic carbocycles. The summed E-state index contributed by atoms with van der Waals surface area (Å²) >= 11 is 0. The second-order valence-corrected chi connectivity index (χ2v) is 10.2. The second kappa shape index (κ2) is 9.67. The lowest BCUT2D eigenvalue weighted by molar-refractivity contribution is -0.0162. The van der Waals surface area contributed by atoms with Crippen LogP contribution in [0.1, 0.15) is 34.3 Å². The molecular weight excluding hydrogens is 450 g/mol. The van der Waals surface area contributed by atoms with Gasteiger partial charge in [0.25, 0.3) is 15.9 Å². The first kappa shape index (κ1) is 23.5. The van der Waals surface area contributed by atoms with Crippen molar-refractivity contribution in [2.24, 2.45) is 0 Å². The third kappa shape index (κ3) is 5.45. The van der Waals surface area contributed by atoms with Gasteiger partial charge in [-0.05, 0) is 60.9 Å². The summed E-state index contributed by atoms with van der Waals surface area (Å²) in [6, 6.07) is 23.7. The van der Waals surface area contributed by atoms with Crippen LogP contribution in [-0.2, 0) is 16.4 Å². The van der Waals surface area contributed by atoms with Gasteiger partial charge in [0.2, 0.25) is 0 Å². The molecule has 0 saturated carbocycles. The molecule has 1 aliphatic heterocycles. The summed E-state index contributed by atoms with van der Waals surface area (Å²) in [5, 5.41) is 19.9. The number of nitrogens with one attached hydrogen (secondary N) is 1. The molecule has 0 radical (unpaired) electrons. The summed E-state index contributed by atoms with van der Waals surface area (Å²) in [4.78, 5) is 14.6. The van der Waals surface area contributed by atoms with E-state index in [1.807, 2.05) is 36.4 Å². The summed E-state index contributed by atoms with van der Waals surface area (Å²) in [5.74, 6) is -0.155. The number of carbonyl (C=O) groups excluding carboxylic acids is 1. The molecular formula is C26H25N3O4S. The van der Waals surface area contributed by atoms with Crippen LogP contribution in [0.5, 0.6) is 0 Å². The molecule has 1 fully saturated rings. The average Bonchev–Trinajstić information content (AvgIpc) is 2.85. The topological polar surface area (TPSA) is 110 Å². The number of likely N-dealkylation sites (tertiary alicyclic amines) is 1. The van der Waals surface area contributed by atoms with Crippen LogP contribution in [0.15, 0.2) is 83.8 Å². The molecule has 0 bridgehead atoms. The molecule has 1 aliphatic rings. The highest BCUT2D eigenvalue weighted by atomic mass is 32.2. The Labute approximate surface area is 199 Å². The molecule has 8 heteroatoms. The molecule has 3 aromatic carbocycles. The molecule has 1 amide bonds. The minimum atomic E-state index is -3.86. The predicted octanol–water partition coefficient (Wildman–Crippen LogP) is 3.57. The highest BCUT2D eigenvalue weighted by Crippen LogP contribution is 2.27. The molecule has 1 heterocycles. The summed E-state index contributed by atoms with van der Waals surface area (Å²) in [5.41, 5.74) is 1.25. The normalized spacial score (nSPS) is 15.4. The van der Waals surface area contributed by atoms with Crippen molar-refractivity contribution in [3.63, 3.8) is 0 Å². The van der Waals surface area contributed by atoms with Crippen LogP contribution in [0, 0.1) is 11.3 Å². The van der Waals surface area contributed by atoms with Gasteiger partial charge in [0.05, 0.1) is 22.1 Å². The van der Waals surface area contributed by atoms with Crippen molar-refractivity contribution in [2.45, 2.75) is 29.8 Å². The lowest BCUT2D eigenvalue weighted by Crippen LogP contribution is -2.47. The van der Waals surface area contributed by atoms with Crippen LogP contribution in [0.4, 0.5) is 5.69 Å². The maximum absolute atomic E-state index is 12.9. The van der Waals surface area contributed by atoms with Gasteiger partial charge < -0.3 is 10.0 Å². The van der Waals surface area contributed by atoms with Crippen molar-refractivity contribution in [1.82, 2.24) is 4.90 Å². The number of rotatable bonds is 6. The molecule has 0 spiro atoms. The van der Waals surface area contributed by atoms with Crippen LogP contribution < -0.4 is 4.72 Å². The van der Waals surface area contributed by atoms with E-state index < -0.39 is 15.6 Å². The number of amides is 1.